The van der Waals surface area contributed by atoms with Crippen molar-refractivity contribution in [1.82, 2.24) is 5.32 Å². The van der Waals surface area contributed by atoms with Crippen LogP contribution < -0.4 is 5.32 Å². The Balaban J connectivity index is 2.68. The van der Waals surface area contributed by atoms with E-state index in [4.69, 9.17) is 9.84 Å². The maximum Gasteiger partial charge on any atom is 0.408 e. The Morgan fingerprint density at radius 3 is 2.17 bits per heavy atom. The van der Waals surface area contributed by atoms with Crippen molar-refractivity contribution in [3.05, 3.63) is 35.4 Å². The van der Waals surface area contributed by atoms with Crippen LogP contribution in [0.4, 0.5) is 13.6 Å². The number of alkyl carbamates (subject to hydrolysis) is 1. The monoisotopic (exact) mass is 343 g/mol. The smallest absolute Gasteiger partial charge is 0.408 e. The number of carbonyl (C=O) groups excluding carboxylic acids is 2. The van der Waals surface area contributed by atoms with Crippen molar-refractivity contribution < 1.29 is 33.0 Å². The van der Waals surface area contributed by atoms with E-state index in [-0.39, 0.29) is 18.4 Å². The van der Waals surface area contributed by atoms with Crippen LogP contribution in [0.5, 0.6) is 0 Å². The summed E-state index contributed by atoms with van der Waals surface area (Å²) in [6.07, 6.45) is -1.49. The molecule has 0 radical (unpaired) electrons. The Labute approximate surface area is 137 Å². The van der Waals surface area contributed by atoms with Crippen molar-refractivity contribution in [1.29, 1.82) is 0 Å². The minimum absolute atomic E-state index is 0.200. The predicted octanol–water partition coefficient (Wildman–Crippen LogP) is 2.91. The van der Waals surface area contributed by atoms with Gasteiger partial charge < -0.3 is 15.2 Å². The van der Waals surface area contributed by atoms with E-state index in [1.807, 2.05) is 0 Å². The third-order valence-electron chi connectivity index (χ3n) is 2.83. The summed E-state index contributed by atoms with van der Waals surface area (Å²) in [6.45, 7) is 4.85. The van der Waals surface area contributed by atoms with E-state index in [1.165, 1.54) is 0 Å². The average molecular weight is 343 g/mol. The van der Waals surface area contributed by atoms with Gasteiger partial charge in [-0.05, 0) is 39.3 Å². The van der Waals surface area contributed by atoms with Gasteiger partial charge in [0, 0.05) is 18.1 Å². The molecule has 6 nitrogen and oxygen atoms in total. The third-order valence-corrected chi connectivity index (χ3v) is 2.83. The van der Waals surface area contributed by atoms with Crippen LogP contribution in [0.25, 0.3) is 0 Å². The molecule has 1 aromatic rings. The van der Waals surface area contributed by atoms with E-state index in [9.17, 15) is 23.2 Å². The zero-order chi connectivity index (χ0) is 18.5. The number of carboxylic acid groups (broad SMARTS) is 1. The summed E-state index contributed by atoms with van der Waals surface area (Å²) in [5.74, 6) is -3.79. The molecule has 0 aliphatic rings. The number of benzene rings is 1. The highest BCUT2D eigenvalue weighted by Gasteiger charge is 2.24. The second kappa shape index (κ2) is 7.85. The molecule has 0 bridgehead atoms. The quantitative estimate of drug-likeness (QED) is 0.775. The van der Waals surface area contributed by atoms with Gasteiger partial charge in [-0.2, -0.15) is 0 Å². The van der Waals surface area contributed by atoms with E-state index in [0.29, 0.717) is 6.07 Å². The molecule has 0 heterocycles. The lowest BCUT2D eigenvalue weighted by Crippen LogP contribution is -2.43. The van der Waals surface area contributed by atoms with E-state index in [0.717, 1.165) is 12.1 Å². The molecule has 2 N–H and O–H groups in total. The van der Waals surface area contributed by atoms with Gasteiger partial charge in [0.2, 0.25) is 0 Å². The molecule has 0 saturated heterocycles. The van der Waals surface area contributed by atoms with Gasteiger partial charge in [0.25, 0.3) is 0 Å². The number of Topliss-reactive ketones (excluding diaryl/α,β-unsaturated/α-hetero) is 1. The lowest BCUT2D eigenvalue weighted by atomic mass is 10.0. The van der Waals surface area contributed by atoms with Crippen LogP contribution in [0.3, 0.4) is 0 Å². The van der Waals surface area contributed by atoms with E-state index >= 15 is 0 Å². The summed E-state index contributed by atoms with van der Waals surface area (Å²) in [6, 6.07) is 0.994. The maximum atomic E-state index is 13.1. The fourth-order valence-corrected chi connectivity index (χ4v) is 1.84. The van der Waals surface area contributed by atoms with Gasteiger partial charge in [0.1, 0.15) is 23.3 Å². The van der Waals surface area contributed by atoms with Crippen LogP contribution in [-0.4, -0.2) is 34.6 Å². The van der Waals surface area contributed by atoms with E-state index in [1.54, 1.807) is 20.8 Å². The van der Waals surface area contributed by atoms with Gasteiger partial charge in [0.15, 0.2) is 5.78 Å². The molecule has 0 aliphatic heterocycles. The molecular weight excluding hydrogens is 324 g/mol. The van der Waals surface area contributed by atoms with E-state index in [2.05, 4.69) is 5.32 Å². The average Bonchev–Trinajstić information content (AvgIpc) is 2.39. The van der Waals surface area contributed by atoms with Crippen LogP contribution in [0.1, 0.15) is 44.0 Å². The normalized spacial score (nSPS) is 12.4. The molecule has 0 fully saturated rings. The minimum atomic E-state index is -1.36. The Kier molecular flexibility index (Phi) is 6.39. The fraction of sp³-hybridized carbons (Fsp3) is 0.438. The second-order valence-corrected chi connectivity index (χ2v) is 6.16. The van der Waals surface area contributed by atoms with Gasteiger partial charge in [-0.15, -0.1) is 0 Å². The first-order valence-electron chi connectivity index (χ1n) is 7.19. The predicted molar refractivity (Wildman–Crippen MR) is 80.7 cm³/mol. The summed E-state index contributed by atoms with van der Waals surface area (Å²) < 4.78 is 31.1. The summed E-state index contributed by atoms with van der Waals surface area (Å²) in [5.41, 5.74) is -1.00. The molecule has 0 saturated carbocycles. The lowest BCUT2D eigenvalue weighted by molar-refractivity contribution is -0.139. The summed E-state index contributed by atoms with van der Waals surface area (Å²) in [7, 11) is 0. The number of hydrogen-bond acceptors (Lipinski definition) is 4. The second-order valence-electron chi connectivity index (χ2n) is 6.16. The van der Waals surface area contributed by atoms with Crippen molar-refractivity contribution in [2.24, 2.45) is 0 Å². The van der Waals surface area contributed by atoms with Crippen LogP contribution in [0.15, 0.2) is 18.2 Å². The Bertz CT molecular complexity index is 620. The molecule has 1 amide bonds. The van der Waals surface area contributed by atoms with Gasteiger partial charge in [-0.3, -0.25) is 4.79 Å². The molecule has 0 aliphatic carbocycles. The number of amides is 1. The minimum Gasteiger partial charge on any atom is -0.480 e. The zero-order valence-corrected chi connectivity index (χ0v) is 13.6. The number of carbonyl (C=O) groups is 3. The molecular formula is C16H19F2NO5. The fourth-order valence-electron chi connectivity index (χ4n) is 1.84. The molecule has 1 unspecified atom stereocenters. The number of halogens is 2. The number of nitrogens with one attached hydrogen (secondary N) is 1. The highest BCUT2D eigenvalue weighted by molar-refractivity contribution is 5.96. The first kappa shape index (κ1) is 19.5. The number of rotatable bonds is 6. The van der Waals surface area contributed by atoms with Gasteiger partial charge in [0.05, 0.1) is 0 Å². The Morgan fingerprint density at radius 2 is 1.71 bits per heavy atom. The number of ketones is 1. The number of hydrogen-bond donors (Lipinski definition) is 2. The highest BCUT2D eigenvalue weighted by Crippen LogP contribution is 2.13. The Morgan fingerprint density at radius 1 is 1.17 bits per heavy atom. The lowest BCUT2D eigenvalue weighted by Gasteiger charge is -2.21. The van der Waals surface area contributed by atoms with Crippen molar-refractivity contribution in [2.45, 2.75) is 45.3 Å². The molecule has 1 atom stereocenters. The zero-order valence-electron chi connectivity index (χ0n) is 13.6. The summed E-state index contributed by atoms with van der Waals surface area (Å²) in [5, 5.41) is 11.2. The number of aliphatic carboxylic acids is 1. The molecule has 1 rings (SSSR count). The van der Waals surface area contributed by atoms with Crippen molar-refractivity contribution >= 4 is 17.8 Å². The van der Waals surface area contributed by atoms with Crippen LogP contribution in [-0.2, 0) is 9.53 Å². The van der Waals surface area contributed by atoms with Crippen LogP contribution >= 0.6 is 0 Å². The molecule has 0 spiro atoms. The van der Waals surface area contributed by atoms with Crippen LogP contribution in [0, 0.1) is 11.6 Å². The van der Waals surface area contributed by atoms with Crippen molar-refractivity contribution in [2.75, 3.05) is 0 Å². The standard InChI is InChI=1S/C16H19F2NO5/c1-16(2,3)24-15(23)19-12(14(21)22)4-5-13(20)9-6-10(17)8-11(18)7-9/h6-8,12H,4-5H2,1-3H3,(H,19,23)(H,21,22). The molecule has 24 heavy (non-hydrogen) atoms. The summed E-state index contributed by atoms with van der Waals surface area (Å²) >= 11 is 0. The topological polar surface area (TPSA) is 92.7 Å². The van der Waals surface area contributed by atoms with Gasteiger partial charge in [-0.25, -0.2) is 18.4 Å². The molecule has 1 aromatic carbocycles. The third kappa shape index (κ3) is 6.72. The first-order chi connectivity index (χ1) is 11.0. The SMILES string of the molecule is CC(C)(C)OC(=O)NC(CCC(=O)c1cc(F)cc(F)c1)C(=O)O. The summed E-state index contributed by atoms with van der Waals surface area (Å²) in [4.78, 5) is 34.7. The van der Waals surface area contributed by atoms with Crippen molar-refractivity contribution in [3.8, 4) is 0 Å². The van der Waals surface area contributed by atoms with Gasteiger partial charge >= 0.3 is 12.1 Å². The van der Waals surface area contributed by atoms with Crippen LogP contribution in [0.2, 0.25) is 0 Å². The largest absolute Gasteiger partial charge is 0.480 e. The maximum absolute atomic E-state index is 13.1. The molecule has 0 aromatic heterocycles. The molecule has 8 heteroatoms. The number of carboxylic acids is 1. The highest BCUT2D eigenvalue weighted by atomic mass is 19.1. The van der Waals surface area contributed by atoms with Gasteiger partial charge in [-0.1, -0.05) is 0 Å². The van der Waals surface area contributed by atoms with E-state index < -0.39 is 41.1 Å². The van der Waals surface area contributed by atoms with Crippen molar-refractivity contribution in [3.63, 3.8) is 0 Å². The first-order valence-corrected chi connectivity index (χ1v) is 7.19. The molecule has 132 valence electrons. The Hall–Kier alpha value is -2.51. The number of ether oxygens (including phenoxy) is 1.